The highest BCUT2D eigenvalue weighted by Crippen LogP contribution is 2.28. The fraction of sp³-hybridized carbons (Fsp3) is 0.167. The molecule has 1 nitrogen and oxygen atoms in total. The second kappa shape index (κ2) is 4.03. The van der Waals surface area contributed by atoms with Crippen LogP contribution in [0.3, 0.4) is 0 Å². The Hall–Kier alpha value is -0.990. The average molecular weight is 203 g/mol. The minimum absolute atomic E-state index is 1.30. The molecule has 2 aromatic rings. The van der Waals surface area contributed by atoms with Gasteiger partial charge in [-0.3, -0.25) is 4.31 Å². The lowest BCUT2D eigenvalue weighted by Crippen LogP contribution is -1.98. The van der Waals surface area contributed by atoms with E-state index < -0.39 is 0 Å². The Bertz CT molecular complexity index is 432. The van der Waals surface area contributed by atoms with Gasteiger partial charge in [0.05, 0.1) is 0 Å². The topological polar surface area (TPSA) is 3.24 Å². The zero-order valence-electron chi connectivity index (χ0n) is 8.40. The summed E-state index contributed by atoms with van der Waals surface area (Å²) < 4.78 is 2.11. The van der Waals surface area contributed by atoms with Crippen molar-refractivity contribution in [2.24, 2.45) is 0 Å². The third-order valence-corrected chi connectivity index (χ3v) is 2.95. The van der Waals surface area contributed by atoms with Gasteiger partial charge >= 0.3 is 0 Å². The van der Waals surface area contributed by atoms with Crippen LogP contribution in [-0.2, 0) is 0 Å². The molecule has 72 valence electrons. The Morgan fingerprint density at radius 1 is 0.929 bits per heavy atom. The summed E-state index contributed by atoms with van der Waals surface area (Å²) in [7, 11) is 4.12. The van der Waals surface area contributed by atoms with Crippen LogP contribution in [0.1, 0.15) is 0 Å². The molecule has 2 aromatic carbocycles. The van der Waals surface area contributed by atoms with E-state index in [0.717, 1.165) is 0 Å². The van der Waals surface area contributed by atoms with Crippen LogP contribution >= 0.6 is 11.9 Å². The van der Waals surface area contributed by atoms with Crippen LogP contribution in [0.2, 0.25) is 0 Å². The van der Waals surface area contributed by atoms with E-state index in [4.69, 9.17) is 0 Å². The van der Waals surface area contributed by atoms with Crippen LogP contribution in [0.5, 0.6) is 0 Å². The number of benzene rings is 2. The van der Waals surface area contributed by atoms with Gasteiger partial charge in [-0.2, -0.15) is 0 Å². The van der Waals surface area contributed by atoms with Crippen molar-refractivity contribution in [2.45, 2.75) is 4.90 Å². The van der Waals surface area contributed by atoms with Crippen LogP contribution in [-0.4, -0.2) is 18.4 Å². The molecule has 14 heavy (non-hydrogen) atoms. The van der Waals surface area contributed by atoms with Crippen molar-refractivity contribution < 1.29 is 0 Å². The summed E-state index contributed by atoms with van der Waals surface area (Å²) in [5, 5.41) is 2.63. The number of rotatable bonds is 2. The number of hydrogen-bond donors (Lipinski definition) is 0. The number of fused-ring (bicyclic) bond motifs is 1. The molecule has 0 saturated carbocycles. The van der Waals surface area contributed by atoms with E-state index in [1.165, 1.54) is 15.7 Å². The molecule has 0 saturated heterocycles. The molecule has 2 heteroatoms. The van der Waals surface area contributed by atoms with Gasteiger partial charge < -0.3 is 0 Å². The SMILES string of the molecule is CN(C)Sc1cccc2ccccc12. The summed E-state index contributed by atoms with van der Waals surface area (Å²) in [4.78, 5) is 1.31. The standard InChI is InChI=1S/C12H13NS/c1-13(2)14-12-9-5-7-10-6-3-4-8-11(10)12/h3-9H,1-2H3. The fourth-order valence-electron chi connectivity index (χ4n) is 1.47. The molecule has 0 bridgehead atoms. The van der Waals surface area contributed by atoms with Crippen molar-refractivity contribution in [3.05, 3.63) is 42.5 Å². The zero-order valence-corrected chi connectivity index (χ0v) is 9.21. The van der Waals surface area contributed by atoms with Gasteiger partial charge in [-0.25, -0.2) is 0 Å². The summed E-state index contributed by atoms with van der Waals surface area (Å²) in [5.41, 5.74) is 0. The molecule has 2 rings (SSSR count). The lowest BCUT2D eigenvalue weighted by atomic mass is 10.1. The second-order valence-electron chi connectivity index (χ2n) is 3.38. The summed E-state index contributed by atoms with van der Waals surface area (Å²) in [6.45, 7) is 0. The molecule has 0 N–H and O–H groups in total. The predicted molar refractivity (Wildman–Crippen MR) is 63.5 cm³/mol. The van der Waals surface area contributed by atoms with E-state index in [1.54, 1.807) is 11.9 Å². The van der Waals surface area contributed by atoms with Crippen LogP contribution in [0.4, 0.5) is 0 Å². The van der Waals surface area contributed by atoms with E-state index in [0.29, 0.717) is 0 Å². The van der Waals surface area contributed by atoms with Gasteiger partial charge in [0, 0.05) is 4.90 Å². The van der Waals surface area contributed by atoms with Gasteiger partial charge in [0.25, 0.3) is 0 Å². The Balaban J connectivity index is 2.53. The smallest absolute Gasteiger partial charge is 0.0308 e. The normalized spacial score (nSPS) is 11.1. The zero-order chi connectivity index (χ0) is 9.97. The van der Waals surface area contributed by atoms with Gasteiger partial charge in [-0.1, -0.05) is 36.4 Å². The molecule has 0 amide bonds. The van der Waals surface area contributed by atoms with Crippen LogP contribution in [0.15, 0.2) is 47.4 Å². The molecule has 0 fully saturated rings. The largest absolute Gasteiger partial charge is 0.253 e. The highest BCUT2D eigenvalue weighted by atomic mass is 32.2. The Kier molecular flexibility index (Phi) is 2.75. The molecular formula is C12H13NS. The molecule has 0 unspecified atom stereocenters. The van der Waals surface area contributed by atoms with Crippen LogP contribution < -0.4 is 0 Å². The van der Waals surface area contributed by atoms with Crippen molar-refractivity contribution in [1.82, 2.24) is 4.31 Å². The average Bonchev–Trinajstić information content (AvgIpc) is 2.18. The van der Waals surface area contributed by atoms with E-state index in [9.17, 15) is 0 Å². The minimum atomic E-state index is 1.30. The third kappa shape index (κ3) is 1.91. The van der Waals surface area contributed by atoms with Gasteiger partial charge in [0.2, 0.25) is 0 Å². The summed E-state index contributed by atoms with van der Waals surface area (Å²) >= 11 is 1.76. The maximum Gasteiger partial charge on any atom is 0.0308 e. The van der Waals surface area contributed by atoms with Crippen molar-refractivity contribution in [1.29, 1.82) is 0 Å². The summed E-state index contributed by atoms with van der Waals surface area (Å²) in [5.74, 6) is 0. The summed E-state index contributed by atoms with van der Waals surface area (Å²) in [6, 6.07) is 14.9. The first-order chi connectivity index (χ1) is 6.77. The van der Waals surface area contributed by atoms with E-state index in [1.807, 2.05) is 0 Å². The lowest BCUT2D eigenvalue weighted by molar-refractivity contribution is 0.703. The van der Waals surface area contributed by atoms with Gasteiger partial charge in [0.15, 0.2) is 0 Å². The number of hydrogen-bond acceptors (Lipinski definition) is 2. The molecule has 0 aliphatic heterocycles. The van der Waals surface area contributed by atoms with Crippen LogP contribution in [0, 0.1) is 0 Å². The second-order valence-corrected chi connectivity index (χ2v) is 4.73. The maximum absolute atomic E-state index is 2.17. The molecule has 0 spiro atoms. The maximum atomic E-state index is 2.17. The van der Waals surface area contributed by atoms with E-state index >= 15 is 0 Å². The minimum Gasteiger partial charge on any atom is -0.253 e. The van der Waals surface area contributed by atoms with Crippen molar-refractivity contribution in [3.63, 3.8) is 0 Å². The Morgan fingerprint density at radius 2 is 1.64 bits per heavy atom. The first kappa shape index (κ1) is 9.56. The van der Waals surface area contributed by atoms with Crippen molar-refractivity contribution >= 4 is 22.7 Å². The predicted octanol–water partition coefficient (Wildman–Crippen LogP) is 3.41. The first-order valence-corrected chi connectivity index (χ1v) is 5.38. The molecular weight excluding hydrogens is 190 g/mol. The first-order valence-electron chi connectivity index (χ1n) is 4.60. The van der Waals surface area contributed by atoms with E-state index in [2.05, 4.69) is 60.9 Å². The monoisotopic (exact) mass is 203 g/mol. The highest BCUT2D eigenvalue weighted by Gasteiger charge is 2.01. The fourth-order valence-corrected chi connectivity index (χ4v) is 2.29. The molecule has 0 aromatic heterocycles. The van der Waals surface area contributed by atoms with Crippen molar-refractivity contribution in [2.75, 3.05) is 14.1 Å². The highest BCUT2D eigenvalue weighted by molar-refractivity contribution is 7.97. The molecule has 0 aliphatic carbocycles. The third-order valence-electron chi connectivity index (χ3n) is 2.03. The Labute approximate surface area is 88.9 Å². The molecule has 0 aliphatic rings. The molecule has 0 atom stereocenters. The molecule has 0 heterocycles. The van der Waals surface area contributed by atoms with Gasteiger partial charge in [0.1, 0.15) is 0 Å². The van der Waals surface area contributed by atoms with Crippen LogP contribution in [0.25, 0.3) is 10.8 Å². The molecule has 0 radical (unpaired) electrons. The quantitative estimate of drug-likeness (QED) is 0.688. The van der Waals surface area contributed by atoms with Crippen molar-refractivity contribution in [3.8, 4) is 0 Å². The summed E-state index contributed by atoms with van der Waals surface area (Å²) in [6.07, 6.45) is 0. The van der Waals surface area contributed by atoms with E-state index in [-0.39, 0.29) is 0 Å². The van der Waals surface area contributed by atoms with Gasteiger partial charge in [-0.15, -0.1) is 0 Å². The Morgan fingerprint density at radius 3 is 2.43 bits per heavy atom. The number of nitrogens with zero attached hydrogens (tertiary/aromatic N) is 1. The lowest BCUT2D eigenvalue weighted by Gasteiger charge is -2.10. The van der Waals surface area contributed by atoms with Gasteiger partial charge in [-0.05, 0) is 42.9 Å².